The second-order valence-electron chi connectivity index (χ2n) is 6.25. The summed E-state index contributed by atoms with van der Waals surface area (Å²) in [7, 11) is 1.43. The lowest BCUT2D eigenvalue weighted by molar-refractivity contribution is -0.158. The number of esters is 1. The number of methoxy groups -OCH3 is 1. The molecule has 1 aromatic rings. The number of amides is 1. The van der Waals surface area contributed by atoms with Crippen molar-refractivity contribution in [2.24, 2.45) is 0 Å². The summed E-state index contributed by atoms with van der Waals surface area (Å²) in [6.07, 6.45) is -1.99. The Morgan fingerprint density at radius 3 is 2.32 bits per heavy atom. The topological polar surface area (TPSA) is 103 Å². The van der Waals surface area contributed by atoms with Crippen molar-refractivity contribution in [3.05, 3.63) is 47.4 Å². The molecule has 0 aliphatic heterocycles. The summed E-state index contributed by atoms with van der Waals surface area (Å²) in [4.78, 5) is 23.8. The average molecular weight is 395 g/mol. The number of carbonyl (C=O) groups excluding carboxylic acids is 2. The number of hydrogen-bond acceptors (Lipinski definition) is 7. The highest BCUT2D eigenvalue weighted by Gasteiger charge is 2.29. The number of aliphatic hydroxyl groups is 1. The van der Waals surface area contributed by atoms with Gasteiger partial charge in [0.15, 0.2) is 6.10 Å². The first-order valence-corrected chi connectivity index (χ1v) is 9.00. The number of ether oxygens (including phenoxy) is 4. The van der Waals surface area contributed by atoms with E-state index in [1.807, 2.05) is 30.3 Å². The van der Waals surface area contributed by atoms with E-state index in [-0.39, 0.29) is 25.6 Å². The van der Waals surface area contributed by atoms with E-state index in [0.717, 1.165) is 11.1 Å². The Bertz CT molecular complexity index is 641. The monoisotopic (exact) mass is 395 g/mol. The third kappa shape index (κ3) is 8.77. The Labute approximate surface area is 165 Å². The van der Waals surface area contributed by atoms with Crippen LogP contribution in [0.1, 0.15) is 39.2 Å². The van der Waals surface area contributed by atoms with Gasteiger partial charge in [0.2, 0.25) is 6.23 Å². The average Bonchev–Trinajstić information content (AvgIpc) is 2.67. The highest BCUT2D eigenvalue weighted by Crippen LogP contribution is 2.16. The van der Waals surface area contributed by atoms with Crippen LogP contribution in [-0.4, -0.2) is 43.2 Å². The zero-order valence-corrected chi connectivity index (χ0v) is 16.8. The van der Waals surface area contributed by atoms with Crippen molar-refractivity contribution in [2.45, 2.75) is 52.6 Å². The van der Waals surface area contributed by atoms with Crippen LogP contribution in [0.2, 0.25) is 0 Å². The van der Waals surface area contributed by atoms with Gasteiger partial charge in [-0.1, -0.05) is 30.3 Å². The fraction of sp³-hybridized carbons (Fsp3) is 0.500. The first kappa shape index (κ1) is 23.3. The van der Waals surface area contributed by atoms with E-state index < -0.39 is 24.4 Å². The fourth-order valence-electron chi connectivity index (χ4n) is 2.34. The van der Waals surface area contributed by atoms with Gasteiger partial charge in [-0.2, -0.15) is 0 Å². The van der Waals surface area contributed by atoms with Crippen LogP contribution in [0, 0.1) is 0 Å². The summed E-state index contributed by atoms with van der Waals surface area (Å²) in [6, 6.07) is 9.21. The second-order valence-corrected chi connectivity index (χ2v) is 6.25. The van der Waals surface area contributed by atoms with E-state index in [1.165, 1.54) is 14.0 Å². The summed E-state index contributed by atoms with van der Waals surface area (Å²) in [5.74, 6) is -0.346. The highest BCUT2D eigenvalue weighted by atomic mass is 16.7. The Balaban J connectivity index is 2.88. The van der Waals surface area contributed by atoms with Crippen molar-refractivity contribution in [1.29, 1.82) is 0 Å². The first-order valence-electron chi connectivity index (χ1n) is 9.00. The molecule has 0 aromatic heterocycles. The molecule has 0 heterocycles. The van der Waals surface area contributed by atoms with Gasteiger partial charge in [-0.15, -0.1) is 0 Å². The molecule has 1 aromatic carbocycles. The van der Waals surface area contributed by atoms with Crippen molar-refractivity contribution in [3.63, 3.8) is 0 Å². The van der Waals surface area contributed by atoms with E-state index >= 15 is 0 Å². The molecule has 0 aliphatic rings. The Morgan fingerprint density at radius 2 is 1.79 bits per heavy atom. The lowest BCUT2D eigenvalue weighted by atomic mass is 10.1. The van der Waals surface area contributed by atoms with Crippen LogP contribution in [-0.2, 0) is 30.3 Å². The normalized spacial score (nSPS) is 12.3. The summed E-state index contributed by atoms with van der Waals surface area (Å²) < 4.78 is 21.4. The first-order chi connectivity index (χ1) is 13.4. The summed E-state index contributed by atoms with van der Waals surface area (Å²) in [6.45, 7) is 4.79. The molecule has 1 rings (SSSR count). The summed E-state index contributed by atoms with van der Waals surface area (Å²) in [5, 5.41) is 11.7. The minimum absolute atomic E-state index is 0.0774. The van der Waals surface area contributed by atoms with E-state index in [9.17, 15) is 9.59 Å². The maximum absolute atomic E-state index is 12.3. The van der Waals surface area contributed by atoms with Gasteiger partial charge in [0, 0.05) is 19.1 Å². The van der Waals surface area contributed by atoms with Crippen LogP contribution >= 0.6 is 0 Å². The van der Waals surface area contributed by atoms with Gasteiger partial charge in [0.1, 0.15) is 6.61 Å². The van der Waals surface area contributed by atoms with Crippen LogP contribution in [0.3, 0.4) is 0 Å². The quantitative estimate of drug-likeness (QED) is 0.337. The molecule has 0 bridgehead atoms. The molecule has 0 fully saturated rings. The Morgan fingerprint density at radius 1 is 1.11 bits per heavy atom. The molecule has 0 saturated carbocycles. The number of hydrogen-bond donors (Lipinski definition) is 2. The number of aliphatic hydroxyl groups excluding tert-OH is 1. The maximum Gasteiger partial charge on any atom is 0.410 e. The number of carbonyl (C=O) groups is 2. The van der Waals surface area contributed by atoms with Crippen LogP contribution in [0.5, 0.6) is 0 Å². The number of nitrogens with one attached hydrogen (secondary N) is 1. The molecule has 156 valence electrons. The highest BCUT2D eigenvalue weighted by molar-refractivity contribution is 5.68. The molecule has 0 spiro atoms. The van der Waals surface area contributed by atoms with Crippen LogP contribution in [0.15, 0.2) is 41.9 Å². The van der Waals surface area contributed by atoms with Crippen molar-refractivity contribution in [2.75, 3.05) is 13.7 Å². The molecule has 8 nitrogen and oxygen atoms in total. The molecule has 2 N–H and O–H groups in total. The SMILES string of the molecule is COC(O[C@H](NC(=O)OCc1ccccc1)[C@H](CCCO)OC(C)=O)=C(C)C. The summed E-state index contributed by atoms with van der Waals surface area (Å²) in [5.41, 5.74) is 1.56. The van der Waals surface area contributed by atoms with Gasteiger partial charge in [-0.05, 0) is 32.3 Å². The predicted octanol–water partition coefficient (Wildman–Crippen LogP) is 2.86. The standard InChI is InChI=1S/C20H29NO7/c1-14(2)19(25-4)28-18(17(11-8-12-22)27-15(3)23)21-20(24)26-13-16-9-6-5-7-10-16/h5-7,9-10,17-18,22H,8,11-13H2,1-4H3,(H,21,24)/t17-,18-/m0/s1. The van der Waals surface area contributed by atoms with E-state index in [2.05, 4.69) is 5.32 Å². The molecular formula is C20H29NO7. The van der Waals surface area contributed by atoms with Gasteiger partial charge in [-0.25, -0.2) is 4.79 Å². The van der Waals surface area contributed by atoms with Gasteiger partial charge in [-0.3, -0.25) is 10.1 Å². The van der Waals surface area contributed by atoms with Crippen molar-refractivity contribution >= 4 is 12.1 Å². The predicted molar refractivity (Wildman–Crippen MR) is 102 cm³/mol. The van der Waals surface area contributed by atoms with Gasteiger partial charge in [0.25, 0.3) is 5.95 Å². The van der Waals surface area contributed by atoms with Crippen LogP contribution in [0.25, 0.3) is 0 Å². The Hall–Kier alpha value is -2.74. The van der Waals surface area contributed by atoms with Crippen LogP contribution < -0.4 is 5.32 Å². The van der Waals surface area contributed by atoms with Gasteiger partial charge < -0.3 is 24.1 Å². The second kappa shape index (κ2) is 12.6. The molecular weight excluding hydrogens is 366 g/mol. The van der Waals surface area contributed by atoms with Gasteiger partial charge >= 0.3 is 12.1 Å². The minimum Gasteiger partial charge on any atom is -0.469 e. The third-order valence-corrected chi connectivity index (χ3v) is 3.60. The van der Waals surface area contributed by atoms with Gasteiger partial charge in [0.05, 0.1) is 7.11 Å². The minimum atomic E-state index is -1.05. The Kier molecular flexibility index (Phi) is 10.5. The molecule has 28 heavy (non-hydrogen) atoms. The lowest BCUT2D eigenvalue weighted by Gasteiger charge is -2.28. The van der Waals surface area contributed by atoms with Crippen molar-refractivity contribution in [1.82, 2.24) is 5.32 Å². The molecule has 0 aliphatic carbocycles. The third-order valence-electron chi connectivity index (χ3n) is 3.60. The number of benzene rings is 1. The smallest absolute Gasteiger partial charge is 0.410 e. The number of rotatable bonds is 11. The molecule has 8 heteroatoms. The lowest BCUT2D eigenvalue weighted by Crippen LogP contribution is -2.47. The van der Waals surface area contributed by atoms with E-state index in [0.29, 0.717) is 6.42 Å². The summed E-state index contributed by atoms with van der Waals surface area (Å²) >= 11 is 0. The van der Waals surface area contributed by atoms with E-state index in [1.54, 1.807) is 13.8 Å². The van der Waals surface area contributed by atoms with Crippen molar-refractivity contribution < 1.29 is 33.6 Å². The molecule has 2 atom stereocenters. The molecule has 0 radical (unpaired) electrons. The van der Waals surface area contributed by atoms with Crippen LogP contribution in [0.4, 0.5) is 4.79 Å². The largest absolute Gasteiger partial charge is 0.469 e. The fourth-order valence-corrected chi connectivity index (χ4v) is 2.34. The molecule has 1 amide bonds. The zero-order valence-electron chi connectivity index (χ0n) is 16.8. The molecule has 0 unspecified atom stereocenters. The zero-order chi connectivity index (χ0) is 20.9. The van der Waals surface area contributed by atoms with Crippen molar-refractivity contribution in [3.8, 4) is 0 Å². The van der Waals surface area contributed by atoms with E-state index in [4.69, 9.17) is 24.1 Å². The number of alkyl carbamates (subject to hydrolysis) is 1. The maximum atomic E-state index is 12.3. The molecule has 0 saturated heterocycles. The number of allylic oxidation sites excluding steroid dienone is 1.